The van der Waals surface area contributed by atoms with Gasteiger partial charge in [-0.1, -0.05) is 46.4 Å². The fraction of sp³-hybridized carbons (Fsp3) is 0. The van der Waals surface area contributed by atoms with E-state index in [0.717, 1.165) is 9.13 Å². The van der Waals surface area contributed by atoms with Gasteiger partial charge in [0, 0.05) is 25.9 Å². The van der Waals surface area contributed by atoms with E-state index >= 15 is 0 Å². The molecule has 0 amide bonds. The molecule has 0 fully saturated rings. The normalized spacial score (nSPS) is 10.6. The molecule has 17 heavy (non-hydrogen) atoms. The topological polar surface area (TPSA) is 12.9 Å². The SMILES string of the molecule is Clc1cc(Cl)c(-c2cnc(Cl)cc2I)c(Cl)c1. The molecule has 1 aromatic carbocycles. The number of hydrogen-bond donors (Lipinski definition) is 0. The lowest BCUT2D eigenvalue weighted by molar-refractivity contribution is 1.31. The van der Waals surface area contributed by atoms with Crippen LogP contribution in [-0.2, 0) is 0 Å². The number of pyridine rings is 1. The molecule has 0 aliphatic rings. The van der Waals surface area contributed by atoms with Crippen LogP contribution in [0, 0.1) is 3.57 Å². The summed E-state index contributed by atoms with van der Waals surface area (Å²) in [4.78, 5) is 4.03. The molecule has 2 rings (SSSR count). The number of benzene rings is 1. The Hall–Kier alpha value is 0.260. The lowest BCUT2D eigenvalue weighted by Crippen LogP contribution is -1.88. The molecule has 0 bridgehead atoms. The molecule has 0 saturated carbocycles. The van der Waals surface area contributed by atoms with Gasteiger partial charge in [-0.2, -0.15) is 0 Å². The highest BCUT2D eigenvalue weighted by Gasteiger charge is 2.13. The van der Waals surface area contributed by atoms with E-state index in [2.05, 4.69) is 27.6 Å². The minimum Gasteiger partial charge on any atom is -0.244 e. The minimum atomic E-state index is 0.430. The zero-order valence-electron chi connectivity index (χ0n) is 8.15. The van der Waals surface area contributed by atoms with Crippen molar-refractivity contribution >= 4 is 69.0 Å². The predicted molar refractivity (Wildman–Crippen MR) is 82.4 cm³/mol. The van der Waals surface area contributed by atoms with E-state index < -0.39 is 0 Å². The van der Waals surface area contributed by atoms with Gasteiger partial charge in [0.2, 0.25) is 0 Å². The second-order valence-corrected chi connectivity index (χ2v) is 6.03. The van der Waals surface area contributed by atoms with E-state index in [9.17, 15) is 0 Å². The summed E-state index contributed by atoms with van der Waals surface area (Å²) in [5, 5.41) is 1.91. The van der Waals surface area contributed by atoms with Crippen LogP contribution < -0.4 is 0 Å². The molecule has 1 aromatic heterocycles. The van der Waals surface area contributed by atoms with Gasteiger partial charge in [-0.3, -0.25) is 0 Å². The zero-order valence-corrected chi connectivity index (χ0v) is 13.3. The molecule has 0 N–H and O–H groups in total. The van der Waals surface area contributed by atoms with Gasteiger partial charge in [0.25, 0.3) is 0 Å². The van der Waals surface area contributed by atoms with Crippen molar-refractivity contribution < 1.29 is 0 Å². The number of hydrogen-bond acceptors (Lipinski definition) is 1. The van der Waals surface area contributed by atoms with Crippen LogP contribution in [0.15, 0.2) is 24.4 Å². The van der Waals surface area contributed by atoms with Crippen molar-refractivity contribution in [2.75, 3.05) is 0 Å². The fourth-order valence-corrected chi connectivity index (χ4v) is 3.46. The lowest BCUT2D eigenvalue weighted by Gasteiger charge is -2.09. The van der Waals surface area contributed by atoms with E-state index in [4.69, 9.17) is 46.4 Å². The Kier molecular flexibility index (Phi) is 4.42. The van der Waals surface area contributed by atoms with Gasteiger partial charge in [0.15, 0.2) is 0 Å². The van der Waals surface area contributed by atoms with Gasteiger partial charge in [-0.25, -0.2) is 4.98 Å². The van der Waals surface area contributed by atoms with Gasteiger partial charge in [-0.15, -0.1) is 0 Å². The molecule has 0 spiro atoms. The van der Waals surface area contributed by atoms with Crippen LogP contribution in [0.3, 0.4) is 0 Å². The van der Waals surface area contributed by atoms with Gasteiger partial charge < -0.3 is 0 Å². The summed E-state index contributed by atoms with van der Waals surface area (Å²) in [5.74, 6) is 0. The van der Waals surface area contributed by atoms with Crippen LogP contribution in [0.1, 0.15) is 0 Å². The van der Waals surface area contributed by atoms with Crippen LogP contribution >= 0.6 is 69.0 Å². The van der Waals surface area contributed by atoms with Crippen molar-refractivity contribution in [1.29, 1.82) is 0 Å². The highest BCUT2D eigenvalue weighted by Crippen LogP contribution is 2.39. The van der Waals surface area contributed by atoms with Crippen molar-refractivity contribution in [3.63, 3.8) is 0 Å². The van der Waals surface area contributed by atoms with Crippen molar-refractivity contribution in [3.8, 4) is 11.1 Å². The molecule has 0 aliphatic carbocycles. The summed E-state index contributed by atoms with van der Waals surface area (Å²) < 4.78 is 0.925. The first-order valence-electron chi connectivity index (χ1n) is 4.45. The number of nitrogens with zero attached hydrogens (tertiary/aromatic N) is 1. The molecule has 0 radical (unpaired) electrons. The van der Waals surface area contributed by atoms with Crippen molar-refractivity contribution in [1.82, 2.24) is 4.98 Å². The first kappa shape index (κ1) is 13.7. The fourth-order valence-electron chi connectivity index (χ4n) is 1.39. The summed E-state index contributed by atoms with van der Waals surface area (Å²) in [7, 11) is 0. The molecular formula is C11H4Cl4IN. The summed E-state index contributed by atoms with van der Waals surface area (Å²) in [6.45, 7) is 0. The average Bonchev–Trinajstić information content (AvgIpc) is 2.19. The Bertz CT molecular complexity index is 563. The third kappa shape index (κ3) is 2.99. The maximum atomic E-state index is 6.15. The van der Waals surface area contributed by atoms with Crippen LogP contribution in [0.25, 0.3) is 11.1 Å². The molecule has 88 valence electrons. The summed E-state index contributed by atoms with van der Waals surface area (Å²) in [6.07, 6.45) is 1.64. The van der Waals surface area contributed by atoms with Crippen LogP contribution in [0.2, 0.25) is 20.2 Å². The quantitative estimate of drug-likeness (QED) is 0.411. The first-order chi connectivity index (χ1) is 7.99. The third-order valence-corrected chi connectivity index (χ3v) is 4.01. The average molecular weight is 419 g/mol. The van der Waals surface area contributed by atoms with Crippen LogP contribution in [0.4, 0.5) is 0 Å². The zero-order chi connectivity index (χ0) is 12.6. The standard InChI is InChI=1S/C11H4Cl4IN/c12-5-1-7(13)11(8(14)2-5)6-4-17-10(15)3-9(6)16/h1-4H. The van der Waals surface area contributed by atoms with E-state index in [1.807, 2.05) is 0 Å². The van der Waals surface area contributed by atoms with E-state index in [-0.39, 0.29) is 0 Å². The number of halogens is 5. The summed E-state index contributed by atoms with van der Waals surface area (Å²) in [6, 6.07) is 5.04. The Morgan fingerprint density at radius 3 is 2.06 bits per heavy atom. The molecule has 1 nitrogen and oxygen atoms in total. The number of aromatic nitrogens is 1. The lowest BCUT2D eigenvalue weighted by atomic mass is 10.1. The van der Waals surface area contributed by atoms with Crippen molar-refractivity contribution in [2.24, 2.45) is 0 Å². The molecule has 0 atom stereocenters. The molecule has 1 heterocycles. The summed E-state index contributed by atoms with van der Waals surface area (Å²) >= 11 is 26.1. The van der Waals surface area contributed by atoms with Gasteiger partial charge >= 0.3 is 0 Å². The maximum absolute atomic E-state index is 6.15. The van der Waals surface area contributed by atoms with Crippen LogP contribution in [0.5, 0.6) is 0 Å². The molecule has 0 saturated heterocycles. The van der Waals surface area contributed by atoms with Gasteiger partial charge in [0.1, 0.15) is 5.15 Å². The maximum Gasteiger partial charge on any atom is 0.130 e. The van der Waals surface area contributed by atoms with E-state index in [0.29, 0.717) is 25.8 Å². The Labute approximate surface area is 132 Å². The van der Waals surface area contributed by atoms with Crippen LogP contribution in [-0.4, -0.2) is 4.98 Å². The van der Waals surface area contributed by atoms with Crippen molar-refractivity contribution in [2.45, 2.75) is 0 Å². The molecule has 2 aromatic rings. The highest BCUT2D eigenvalue weighted by molar-refractivity contribution is 14.1. The molecular weight excluding hydrogens is 415 g/mol. The predicted octanol–water partition coefficient (Wildman–Crippen LogP) is 5.97. The minimum absolute atomic E-state index is 0.430. The molecule has 0 unspecified atom stereocenters. The smallest absolute Gasteiger partial charge is 0.130 e. The second kappa shape index (κ2) is 5.49. The molecule has 6 heteroatoms. The molecule has 0 aliphatic heterocycles. The first-order valence-corrected chi connectivity index (χ1v) is 7.04. The Morgan fingerprint density at radius 2 is 1.53 bits per heavy atom. The Balaban J connectivity index is 2.68. The Morgan fingerprint density at radius 1 is 0.941 bits per heavy atom. The van der Waals surface area contributed by atoms with E-state index in [1.165, 1.54) is 0 Å². The van der Waals surface area contributed by atoms with E-state index in [1.54, 1.807) is 24.4 Å². The van der Waals surface area contributed by atoms with Crippen molar-refractivity contribution in [3.05, 3.63) is 48.2 Å². The monoisotopic (exact) mass is 417 g/mol. The third-order valence-electron chi connectivity index (χ3n) is 2.10. The summed E-state index contributed by atoms with van der Waals surface area (Å²) in [5.41, 5.74) is 1.55. The van der Waals surface area contributed by atoms with Gasteiger partial charge in [-0.05, 0) is 40.8 Å². The van der Waals surface area contributed by atoms with Gasteiger partial charge in [0.05, 0.1) is 10.0 Å². The second-order valence-electron chi connectivity index (χ2n) is 3.23. The number of rotatable bonds is 1. The largest absolute Gasteiger partial charge is 0.244 e. The highest BCUT2D eigenvalue weighted by atomic mass is 127.